The first-order chi connectivity index (χ1) is 10.2. The van der Waals surface area contributed by atoms with Gasteiger partial charge in [-0.2, -0.15) is 0 Å². The van der Waals surface area contributed by atoms with E-state index < -0.39 is 11.9 Å². The Morgan fingerprint density at radius 2 is 1.71 bits per heavy atom. The van der Waals surface area contributed by atoms with Crippen molar-refractivity contribution in [2.45, 2.75) is 24.1 Å². The molecule has 0 amide bonds. The molecule has 0 bridgehead atoms. The highest BCUT2D eigenvalue weighted by molar-refractivity contribution is 5.59. The fraction of sp³-hybridized carbons (Fsp3) is 0.500. The Morgan fingerprint density at radius 1 is 1.10 bits per heavy atom. The van der Waals surface area contributed by atoms with Crippen LogP contribution in [0.3, 0.4) is 0 Å². The molecule has 1 spiro atoms. The molecule has 114 valence electrons. The third kappa shape index (κ3) is 2.41. The number of benzene rings is 1. The summed E-state index contributed by atoms with van der Waals surface area (Å²) in [7, 11) is 3.23. The molecule has 21 heavy (non-hydrogen) atoms. The Kier molecular flexibility index (Phi) is 4.10. The van der Waals surface area contributed by atoms with E-state index in [1.165, 1.54) is 0 Å². The Hall–Kier alpha value is -1.24. The number of aliphatic hydroxyl groups is 1. The van der Waals surface area contributed by atoms with Gasteiger partial charge in [-0.3, -0.25) is 0 Å². The maximum absolute atomic E-state index is 10.5. The largest absolute Gasteiger partial charge is 0.383 e. The summed E-state index contributed by atoms with van der Waals surface area (Å²) in [5.74, 6) is -1.18. The van der Waals surface area contributed by atoms with Crippen molar-refractivity contribution < 1.29 is 24.1 Å². The van der Waals surface area contributed by atoms with Gasteiger partial charge in [0, 0.05) is 19.8 Å². The number of hydrogen-bond acceptors (Lipinski definition) is 5. The van der Waals surface area contributed by atoms with Gasteiger partial charge in [0.05, 0.1) is 13.2 Å². The van der Waals surface area contributed by atoms with Crippen molar-refractivity contribution >= 4 is 6.08 Å². The summed E-state index contributed by atoms with van der Waals surface area (Å²) >= 11 is 0. The molecule has 2 aliphatic rings. The average Bonchev–Trinajstić information content (AvgIpc) is 2.84. The van der Waals surface area contributed by atoms with Crippen LogP contribution in [0.25, 0.3) is 6.08 Å². The molecule has 1 saturated heterocycles. The average molecular weight is 292 g/mol. The van der Waals surface area contributed by atoms with Crippen molar-refractivity contribution in [3.63, 3.8) is 0 Å². The zero-order valence-corrected chi connectivity index (χ0v) is 12.2. The zero-order chi connectivity index (χ0) is 14.9. The highest BCUT2D eigenvalue weighted by atomic mass is 16.8. The number of aliphatic hydroxyl groups excluding tert-OH is 1. The number of rotatable bonds is 4. The maximum atomic E-state index is 10.5. The quantitative estimate of drug-likeness (QED) is 0.906. The van der Waals surface area contributed by atoms with Crippen LogP contribution in [-0.2, 0) is 24.7 Å². The first-order valence-electron chi connectivity index (χ1n) is 7.00. The Morgan fingerprint density at radius 3 is 2.33 bits per heavy atom. The monoisotopic (exact) mass is 292 g/mol. The molecule has 1 aliphatic heterocycles. The second-order valence-electron chi connectivity index (χ2n) is 5.28. The molecule has 0 radical (unpaired) electrons. The van der Waals surface area contributed by atoms with E-state index in [9.17, 15) is 5.11 Å². The summed E-state index contributed by atoms with van der Waals surface area (Å²) in [4.78, 5) is 0. The van der Waals surface area contributed by atoms with Gasteiger partial charge in [-0.05, 0) is 11.6 Å². The third-order valence-corrected chi connectivity index (χ3v) is 3.91. The highest BCUT2D eigenvalue weighted by Gasteiger charge is 2.54. The fourth-order valence-electron chi connectivity index (χ4n) is 2.95. The SMILES string of the molecule is COC[C@@H]1OC2(O[C@H]1COC)c1ccccc1C=C[C@@H]2O. The van der Waals surface area contributed by atoms with E-state index in [1.54, 1.807) is 20.3 Å². The minimum atomic E-state index is -1.18. The first kappa shape index (κ1) is 14.7. The number of ether oxygens (including phenoxy) is 4. The lowest BCUT2D eigenvalue weighted by Crippen LogP contribution is -2.42. The molecule has 1 fully saturated rings. The molecule has 1 aromatic rings. The molecule has 1 aromatic carbocycles. The standard InChI is InChI=1S/C16H20O5/c1-18-9-13-14(10-19-2)21-16(20-13)12-6-4-3-5-11(12)7-8-15(16)17/h3-8,13-15,17H,9-10H2,1-2H3/t13-,14-,15-/m0/s1. The van der Waals surface area contributed by atoms with Crippen molar-refractivity contribution in [2.24, 2.45) is 0 Å². The molecule has 3 rings (SSSR count). The zero-order valence-electron chi connectivity index (χ0n) is 12.2. The van der Waals surface area contributed by atoms with E-state index in [2.05, 4.69) is 0 Å². The van der Waals surface area contributed by atoms with E-state index in [4.69, 9.17) is 18.9 Å². The van der Waals surface area contributed by atoms with E-state index in [1.807, 2.05) is 30.3 Å². The molecule has 1 heterocycles. The van der Waals surface area contributed by atoms with Gasteiger partial charge < -0.3 is 24.1 Å². The summed E-state index contributed by atoms with van der Waals surface area (Å²) in [6.07, 6.45) is 2.14. The van der Waals surface area contributed by atoms with Gasteiger partial charge in [-0.25, -0.2) is 0 Å². The Bertz CT molecular complexity index is 513. The van der Waals surface area contributed by atoms with E-state index >= 15 is 0 Å². The van der Waals surface area contributed by atoms with Crippen LogP contribution in [0.5, 0.6) is 0 Å². The van der Waals surface area contributed by atoms with Crippen LogP contribution < -0.4 is 0 Å². The number of fused-ring (bicyclic) bond motifs is 2. The van der Waals surface area contributed by atoms with Crippen LogP contribution in [-0.4, -0.2) is 50.9 Å². The second-order valence-corrected chi connectivity index (χ2v) is 5.28. The predicted molar refractivity (Wildman–Crippen MR) is 76.7 cm³/mol. The molecule has 0 aromatic heterocycles. The van der Waals surface area contributed by atoms with Crippen molar-refractivity contribution in [2.75, 3.05) is 27.4 Å². The van der Waals surface area contributed by atoms with Crippen molar-refractivity contribution in [1.29, 1.82) is 0 Å². The summed E-state index contributed by atoms with van der Waals surface area (Å²) in [5.41, 5.74) is 1.82. The lowest BCUT2D eigenvalue weighted by Gasteiger charge is -2.35. The second kappa shape index (κ2) is 5.87. The minimum absolute atomic E-state index is 0.288. The van der Waals surface area contributed by atoms with E-state index in [0.717, 1.165) is 11.1 Å². The van der Waals surface area contributed by atoms with Gasteiger partial charge in [-0.15, -0.1) is 0 Å². The lowest BCUT2D eigenvalue weighted by atomic mass is 9.89. The molecule has 5 heteroatoms. The van der Waals surface area contributed by atoms with Gasteiger partial charge in [0.2, 0.25) is 5.79 Å². The van der Waals surface area contributed by atoms with Gasteiger partial charge in [-0.1, -0.05) is 30.3 Å². The lowest BCUT2D eigenvalue weighted by molar-refractivity contribution is -0.235. The maximum Gasteiger partial charge on any atom is 0.227 e. The first-order valence-corrected chi connectivity index (χ1v) is 7.00. The number of hydrogen-bond donors (Lipinski definition) is 1. The molecule has 1 aliphatic carbocycles. The van der Waals surface area contributed by atoms with E-state index in [0.29, 0.717) is 13.2 Å². The summed E-state index contributed by atoms with van der Waals surface area (Å²) < 4.78 is 22.6. The van der Waals surface area contributed by atoms with Crippen LogP contribution in [0.2, 0.25) is 0 Å². The molecular weight excluding hydrogens is 272 g/mol. The minimum Gasteiger partial charge on any atom is -0.383 e. The third-order valence-electron chi connectivity index (χ3n) is 3.91. The van der Waals surface area contributed by atoms with Crippen LogP contribution >= 0.6 is 0 Å². The molecule has 5 nitrogen and oxygen atoms in total. The molecule has 0 unspecified atom stereocenters. The van der Waals surface area contributed by atoms with Crippen molar-refractivity contribution in [1.82, 2.24) is 0 Å². The normalized spacial score (nSPS) is 29.8. The topological polar surface area (TPSA) is 57.2 Å². The summed E-state index contributed by atoms with van der Waals surface area (Å²) in [6, 6.07) is 7.75. The molecular formula is C16H20O5. The van der Waals surface area contributed by atoms with Crippen LogP contribution in [0.4, 0.5) is 0 Å². The van der Waals surface area contributed by atoms with Gasteiger partial charge >= 0.3 is 0 Å². The number of methoxy groups -OCH3 is 2. The van der Waals surface area contributed by atoms with Gasteiger partial charge in [0.25, 0.3) is 0 Å². The molecule has 3 atom stereocenters. The van der Waals surface area contributed by atoms with Crippen molar-refractivity contribution in [3.8, 4) is 0 Å². The van der Waals surface area contributed by atoms with Gasteiger partial charge in [0.1, 0.15) is 18.3 Å². The summed E-state index contributed by atoms with van der Waals surface area (Å²) in [6.45, 7) is 0.767. The van der Waals surface area contributed by atoms with Crippen LogP contribution in [0.15, 0.2) is 30.3 Å². The molecule has 1 N–H and O–H groups in total. The Balaban J connectivity index is 1.98. The van der Waals surface area contributed by atoms with Crippen LogP contribution in [0.1, 0.15) is 11.1 Å². The van der Waals surface area contributed by atoms with E-state index in [-0.39, 0.29) is 12.2 Å². The Labute approximate surface area is 124 Å². The van der Waals surface area contributed by atoms with Crippen LogP contribution in [0, 0.1) is 0 Å². The highest BCUT2D eigenvalue weighted by Crippen LogP contribution is 2.45. The molecule has 0 saturated carbocycles. The predicted octanol–water partition coefficient (Wildman–Crippen LogP) is 1.30. The van der Waals surface area contributed by atoms with Crippen molar-refractivity contribution in [3.05, 3.63) is 41.5 Å². The van der Waals surface area contributed by atoms with Gasteiger partial charge in [0.15, 0.2) is 0 Å². The smallest absolute Gasteiger partial charge is 0.227 e. The fourth-order valence-corrected chi connectivity index (χ4v) is 2.95. The summed E-state index contributed by atoms with van der Waals surface area (Å²) in [5, 5.41) is 10.5.